The third-order valence-electron chi connectivity index (χ3n) is 7.27. The summed E-state index contributed by atoms with van der Waals surface area (Å²) in [6, 6.07) is 3.87. The van der Waals surface area contributed by atoms with Crippen LogP contribution in [0.2, 0.25) is 5.02 Å². The molecule has 1 N–H and O–H groups in total. The largest absolute Gasteiger partial charge is 0.370 e. The molecule has 0 spiro atoms. The van der Waals surface area contributed by atoms with Gasteiger partial charge in [-0.3, -0.25) is 19.3 Å². The number of halogens is 1. The molecular formula is C25H35ClN4O4. The number of hydrogen-bond donors (Lipinski definition) is 1. The zero-order valence-electron chi connectivity index (χ0n) is 20.1. The van der Waals surface area contributed by atoms with E-state index in [2.05, 4.69) is 22.0 Å². The predicted octanol–water partition coefficient (Wildman–Crippen LogP) is 2.67. The molecule has 3 aliphatic rings. The third-order valence-corrected chi connectivity index (χ3v) is 7.48. The fourth-order valence-electron chi connectivity index (χ4n) is 5.26. The summed E-state index contributed by atoms with van der Waals surface area (Å²) in [5.41, 5.74) is 2.67. The number of rotatable bonds is 6. The highest BCUT2D eigenvalue weighted by Crippen LogP contribution is 2.29. The van der Waals surface area contributed by atoms with Gasteiger partial charge in [-0.25, -0.2) is 0 Å². The number of carbonyl (C=O) groups excluding carboxylic acids is 3. The normalized spacial score (nSPS) is 22.3. The van der Waals surface area contributed by atoms with Gasteiger partial charge in [0, 0.05) is 55.4 Å². The minimum Gasteiger partial charge on any atom is -0.370 e. The van der Waals surface area contributed by atoms with Crippen LogP contribution in [-0.4, -0.2) is 84.4 Å². The SMILES string of the molecule is Cc1c(CN2CCN(C(=O)C3CCCC3)C(C)C2)cc(Cl)cc1NC(=O)CN1CCOCC1=O. The van der Waals surface area contributed by atoms with E-state index in [-0.39, 0.29) is 36.9 Å². The van der Waals surface area contributed by atoms with Crippen LogP contribution in [0.25, 0.3) is 0 Å². The van der Waals surface area contributed by atoms with E-state index < -0.39 is 0 Å². The first-order valence-corrected chi connectivity index (χ1v) is 12.7. The Morgan fingerprint density at radius 2 is 1.94 bits per heavy atom. The van der Waals surface area contributed by atoms with Gasteiger partial charge in [0.25, 0.3) is 0 Å². The van der Waals surface area contributed by atoms with Crippen LogP contribution in [0.4, 0.5) is 5.69 Å². The molecule has 186 valence electrons. The van der Waals surface area contributed by atoms with Gasteiger partial charge in [-0.2, -0.15) is 0 Å². The average molecular weight is 491 g/mol. The Hall–Kier alpha value is -2.16. The fourth-order valence-corrected chi connectivity index (χ4v) is 5.50. The molecule has 34 heavy (non-hydrogen) atoms. The molecule has 0 aromatic heterocycles. The van der Waals surface area contributed by atoms with E-state index in [1.807, 2.05) is 13.0 Å². The summed E-state index contributed by atoms with van der Waals surface area (Å²) in [6.45, 7) is 8.05. The lowest BCUT2D eigenvalue weighted by Gasteiger charge is -2.41. The first-order chi connectivity index (χ1) is 16.3. The number of piperazine rings is 1. The number of benzene rings is 1. The van der Waals surface area contributed by atoms with Crippen LogP contribution in [0.5, 0.6) is 0 Å². The number of nitrogens with one attached hydrogen (secondary N) is 1. The van der Waals surface area contributed by atoms with Gasteiger partial charge < -0.3 is 19.9 Å². The van der Waals surface area contributed by atoms with E-state index in [9.17, 15) is 14.4 Å². The van der Waals surface area contributed by atoms with Gasteiger partial charge in [0.2, 0.25) is 17.7 Å². The molecule has 1 atom stereocenters. The smallest absolute Gasteiger partial charge is 0.249 e. The number of anilines is 1. The highest BCUT2D eigenvalue weighted by atomic mass is 35.5. The molecule has 2 aliphatic heterocycles. The Balaban J connectivity index is 1.36. The van der Waals surface area contributed by atoms with Crippen molar-refractivity contribution in [1.29, 1.82) is 0 Å². The van der Waals surface area contributed by atoms with Crippen molar-refractivity contribution in [2.45, 2.75) is 52.1 Å². The summed E-state index contributed by atoms with van der Waals surface area (Å²) < 4.78 is 5.12. The zero-order valence-corrected chi connectivity index (χ0v) is 20.9. The second-order valence-corrected chi connectivity index (χ2v) is 10.2. The van der Waals surface area contributed by atoms with E-state index in [1.54, 1.807) is 6.07 Å². The lowest BCUT2D eigenvalue weighted by atomic mass is 10.0. The topological polar surface area (TPSA) is 82.2 Å². The maximum Gasteiger partial charge on any atom is 0.249 e. The number of ether oxygens (including phenoxy) is 1. The maximum absolute atomic E-state index is 12.9. The minimum atomic E-state index is -0.251. The molecule has 3 fully saturated rings. The summed E-state index contributed by atoms with van der Waals surface area (Å²) in [4.78, 5) is 43.3. The molecule has 1 saturated carbocycles. The Morgan fingerprint density at radius 3 is 2.65 bits per heavy atom. The van der Waals surface area contributed by atoms with Crippen LogP contribution in [0.3, 0.4) is 0 Å². The van der Waals surface area contributed by atoms with E-state index in [0.717, 1.165) is 43.6 Å². The second kappa shape index (κ2) is 11.1. The summed E-state index contributed by atoms with van der Waals surface area (Å²) in [5.74, 6) is 0.110. The van der Waals surface area contributed by atoms with Crippen LogP contribution in [0.1, 0.15) is 43.7 Å². The summed E-state index contributed by atoms with van der Waals surface area (Å²) in [6.07, 6.45) is 4.39. The van der Waals surface area contributed by atoms with Crippen LogP contribution in [-0.2, 0) is 25.7 Å². The monoisotopic (exact) mass is 490 g/mol. The summed E-state index contributed by atoms with van der Waals surface area (Å²) in [7, 11) is 0. The molecule has 1 aliphatic carbocycles. The Bertz CT molecular complexity index is 934. The van der Waals surface area contributed by atoms with E-state index in [1.165, 1.54) is 17.7 Å². The van der Waals surface area contributed by atoms with Crippen LogP contribution in [0, 0.1) is 12.8 Å². The lowest BCUT2D eigenvalue weighted by Crippen LogP contribution is -2.54. The Labute approximate surface area is 206 Å². The lowest BCUT2D eigenvalue weighted by molar-refractivity contribution is -0.145. The van der Waals surface area contributed by atoms with Gasteiger partial charge in [0.05, 0.1) is 6.61 Å². The zero-order chi connectivity index (χ0) is 24.2. The number of amides is 3. The molecule has 0 bridgehead atoms. The first kappa shape index (κ1) is 24.9. The van der Waals surface area contributed by atoms with Gasteiger partial charge >= 0.3 is 0 Å². The van der Waals surface area contributed by atoms with Crippen molar-refractivity contribution in [3.8, 4) is 0 Å². The van der Waals surface area contributed by atoms with Crippen LogP contribution >= 0.6 is 11.6 Å². The van der Waals surface area contributed by atoms with Crippen LogP contribution in [0.15, 0.2) is 12.1 Å². The van der Waals surface area contributed by atoms with Gasteiger partial charge in [0.1, 0.15) is 13.2 Å². The number of carbonyl (C=O) groups is 3. The highest BCUT2D eigenvalue weighted by molar-refractivity contribution is 6.31. The standard InChI is InChI=1S/C25H35ClN4O4/c1-17-13-28(7-8-30(17)25(33)19-5-3-4-6-19)14-20-11-21(26)12-22(18(20)2)27-23(31)15-29-9-10-34-16-24(29)32/h11-12,17,19H,3-10,13-16H2,1-2H3,(H,27,31). The molecule has 8 nitrogen and oxygen atoms in total. The quantitative estimate of drug-likeness (QED) is 0.663. The predicted molar refractivity (Wildman–Crippen MR) is 131 cm³/mol. The molecule has 1 aromatic rings. The van der Waals surface area contributed by atoms with Crippen molar-refractivity contribution in [3.63, 3.8) is 0 Å². The van der Waals surface area contributed by atoms with Gasteiger partial charge in [-0.05, 0) is 49.9 Å². The van der Waals surface area contributed by atoms with Crippen LogP contribution < -0.4 is 5.32 Å². The molecule has 0 radical (unpaired) electrons. The summed E-state index contributed by atoms with van der Waals surface area (Å²) in [5, 5.41) is 3.49. The molecule has 2 saturated heterocycles. The van der Waals surface area contributed by atoms with E-state index in [0.29, 0.717) is 36.3 Å². The minimum absolute atomic E-state index is 0.00201. The van der Waals surface area contributed by atoms with E-state index in [4.69, 9.17) is 16.3 Å². The van der Waals surface area contributed by atoms with Crippen molar-refractivity contribution in [2.24, 2.45) is 5.92 Å². The molecule has 2 heterocycles. The third kappa shape index (κ3) is 5.90. The van der Waals surface area contributed by atoms with Crippen molar-refractivity contribution < 1.29 is 19.1 Å². The molecule has 1 unspecified atom stereocenters. The van der Waals surface area contributed by atoms with Gasteiger partial charge in [-0.15, -0.1) is 0 Å². The van der Waals surface area contributed by atoms with Crippen molar-refractivity contribution >= 4 is 35.0 Å². The Morgan fingerprint density at radius 1 is 1.18 bits per heavy atom. The van der Waals surface area contributed by atoms with Crippen molar-refractivity contribution in [3.05, 3.63) is 28.3 Å². The fraction of sp³-hybridized carbons (Fsp3) is 0.640. The molecule has 9 heteroatoms. The summed E-state index contributed by atoms with van der Waals surface area (Å²) >= 11 is 6.40. The Kier molecular flexibility index (Phi) is 8.11. The van der Waals surface area contributed by atoms with Gasteiger partial charge in [-0.1, -0.05) is 24.4 Å². The van der Waals surface area contributed by atoms with Gasteiger partial charge in [0.15, 0.2) is 0 Å². The molecule has 1 aromatic carbocycles. The molecule has 3 amide bonds. The average Bonchev–Trinajstić information content (AvgIpc) is 3.33. The first-order valence-electron chi connectivity index (χ1n) is 12.3. The highest BCUT2D eigenvalue weighted by Gasteiger charge is 2.33. The second-order valence-electron chi connectivity index (χ2n) is 9.75. The van der Waals surface area contributed by atoms with Crippen molar-refractivity contribution in [1.82, 2.24) is 14.7 Å². The number of morpholine rings is 1. The van der Waals surface area contributed by atoms with Crippen molar-refractivity contribution in [2.75, 3.05) is 51.3 Å². The number of hydrogen-bond acceptors (Lipinski definition) is 5. The number of nitrogens with zero attached hydrogens (tertiary/aromatic N) is 3. The maximum atomic E-state index is 12.9. The molecule has 4 rings (SSSR count). The van der Waals surface area contributed by atoms with E-state index >= 15 is 0 Å². The molecular weight excluding hydrogens is 456 g/mol.